The summed E-state index contributed by atoms with van der Waals surface area (Å²) >= 11 is 5.82. The first-order valence-electron chi connectivity index (χ1n) is 7.77. The Morgan fingerprint density at radius 3 is 2.56 bits per heavy atom. The number of carbonyl (C=O) groups excluding carboxylic acids is 1. The van der Waals surface area contributed by atoms with Crippen LogP contribution in [0.5, 0.6) is 0 Å². The largest absolute Gasteiger partial charge is 0.354 e. The van der Waals surface area contributed by atoms with Crippen molar-refractivity contribution < 1.29 is 4.79 Å². The molecule has 1 aromatic heterocycles. The molecule has 6 nitrogen and oxygen atoms in total. The molecule has 3 rings (SSSR count). The summed E-state index contributed by atoms with van der Waals surface area (Å²) in [5.74, 6) is -0.392. The number of aromatic nitrogens is 2. The van der Waals surface area contributed by atoms with Crippen molar-refractivity contribution in [3.63, 3.8) is 0 Å². The number of benzene rings is 2. The molecular weight excluding hydrogens is 342 g/mol. The molecule has 0 atom stereocenters. The lowest BCUT2D eigenvalue weighted by molar-refractivity contribution is -0.121. The Bertz CT molecular complexity index is 1020. The van der Waals surface area contributed by atoms with Gasteiger partial charge in [-0.05, 0) is 36.2 Å². The number of aromatic amines is 1. The predicted octanol–water partition coefficient (Wildman–Crippen LogP) is 1.70. The van der Waals surface area contributed by atoms with Crippen LogP contribution in [-0.2, 0) is 17.8 Å². The average Bonchev–Trinajstić information content (AvgIpc) is 2.60. The third-order valence-electron chi connectivity index (χ3n) is 3.84. The second-order valence-electron chi connectivity index (χ2n) is 5.59. The Kier molecular flexibility index (Phi) is 5.00. The third kappa shape index (κ3) is 3.97. The van der Waals surface area contributed by atoms with Gasteiger partial charge in [0.15, 0.2) is 0 Å². The van der Waals surface area contributed by atoms with E-state index in [1.165, 1.54) is 0 Å². The minimum absolute atomic E-state index is 0.320. The van der Waals surface area contributed by atoms with E-state index in [0.29, 0.717) is 28.9 Å². The Labute approximate surface area is 148 Å². The quantitative estimate of drug-likeness (QED) is 0.729. The van der Waals surface area contributed by atoms with Crippen molar-refractivity contribution in [2.24, 2.45) is 0 Å². The van der Waals surface area contributed by atoms with Crippen LogP contribution in [0.3, 0.4) is 0 Å². The molecule has 0 unspecified atom stereocenters. The molecule has 0 aliphatic carbocycles. The normalized spacial score (nSPS) is 10.8. The van der Waals surface area contributed by atoms with Gasteiger partial charge in [-0.3, -0.25) is 14.2 Å². The van der Waals surface area contributed by atoms with E-state index < -0.39 is 17.2 Å². The third-order valence-corrected chi connectivity index (χ3v) is 4.09. The topological polar surface area (TPSA) is 84.0 Å². The number of hydrogen-bond donors (Lipinski definition) is 2. The van der Waals surface area contributed by atoms with E-state index in [0.717, 1.165) is 10.1 Å². The van der Waals surface area contributed by atoms with E-state index in [-0.39, 0.29) is 6.54 Å². The van der Waals surface area contributed by atoms with Crippen molar-refractivity contribution >= 4 is 28.4 Å². The first-order chi connectivity index (χ1) is 12.0. The number of para-hydroxylation sites is 1. The maximum Gasteiger partial charge on any atom is 0.329 e. The molecule has 1 amide bonds. The SMILES string of the molecule is O=C(Cn1c(=O)[nH]c2ccccc2c1=O)NCCc1ccc(Cl)cc1. The summed E-state index contributed by atoms with van der Waals surface area (Å²) in [6.45, 7) is 0.0837. The smallest absolute Gasteiger partial charge is 0.329 e. The van der Waals surface area contributed by atoms with Crippen molar-refractivity contribution in [2.45, 2.75) is 13.0 Å². The van der Waals surface area contributed by atoms with Crippen LogP contribution < -0.4 is 16.6 Å². The molecule has 0 radical (unpaired) electrons. The van der Waals surface area contributed by atoms with Gasteiger partial charge in [0.25, 0.3) is 5.56 Å². The molecule has 0 bridgehead atoms. The first-order valence-corrected chi connectivity index (χ1v) is 8.15. The van der Waals surface area contributed by atoms with Crippen LogP contribution in [0.15, 0.2) is 58.1 Å². The maximum atomic E-state index is 12.4. The Morgan fingerprint density at radius 1 is 1.08 bits per heavy atom. The molecule has 25 heavy (non-hydrogen) atoms. The number of carbonyl (C=O) groups is 1. The molecule has 0 aliphatic rings. The highest BCUT2D eigenvalue weighted by atomic mass is 35.5. The number of H-pyrrole nitrogens is 1. The lowest BCUT2D eigenvalue weighted by Crippen LogP contribution is -2.41. The number of rotatable bonds is 5. The van der Waals surface area contributed by atoms with Crippen molar-refractivity contribution in [1.82, 2.24) is 14.9 Å². The Balaban J connectivity index is 1.67. The van der Waals surface area contributed by atoms with E-state index in [4.69, 9.17) is 11.6 Å². The number of hydrogen-bond acceptors (Lipinski definition) is 3. The molecule has 2 aromatic carbocycles. The van der Waals surface area contributed by atoms with Crippen LogP contribution in [0, 0.1) is 0 Å². The van der Waals surface area contributed by atoms with E-state index >= 15 is 0 Å². The van der Waals surface area contributed by atoms with Gasteiger partial charge in [-0.15, -0.1) is 0 Å². The summed E-state index contributed by atoms with van der Waals surface area (Å²) in [6.07, 6.45) is 0.631. The highest BCUT2D eigenvalue weighted by molar-refractivity contribution is 6.30. The Morgan fingerprint density at radius 2 is 1.80 bits per heavy atom. The number of halogens is 1. The van der Waals surface area contributed by atoms with Crippen molar-refractivity contribution in [2.75, 3.05) is 6.54 Å². The molecule has 3 aromatic rings. The fraction of sp³-hybridized carbons (Fsp3) is 0.167. The van der Waals surface area contributed by atoms with Gasteiger partial charge in [0.1, 0.15) is 6.54 Å². The molecule has 0 saturated carbocycles. The summed E-state index contributed by atoms with van der Waals surface area (Å²) in [4.78, 5) is 39.1. The Hall–Kier alpha value is -2.86. The molecule has 1 heterocycles. The molecule has 0 aliphatic heterocycles. The molecule has 0 saturated heterocycles. The molecule has 2 N–H and O–H groups in total. The van der Waals surface area contributed by atoms with Gasteiger partial charge < -0.3 is 10.3 Å². The summed E-state index contributed by atoms with van der Waals surface area (Å²) in [5, 5.41) is 3.74. The van der Waals surface area contributed by atoms with Gasteiger partial charge in [0.05, 0.1) is 10.9 Å². The monoisotopic (exact) mass is 357 g/mol. The minimum Gasteiger partial charge on any atom is -0.354 e. The number of fused-ring (bicyclic) bond motifs is 1. The number of nitrogens with one attached hydrogen (secondary N) is 2. The zero-order chi connectivity index (χ0) is 17.8. The average molecular weight is 358 g/mol. The van der Waals surface area contributed by atoms with Crippen LogP contribution in [0.25, 0.3) is 10.9 Å². The van der Waals surface area contributed by atoms with Gasteiger partial charge in [-0.2, -0.15) is 0 Å². The van der Waals surface area contributed by atoms with Gasteiger partial charge in [0.2, 0.25) is 5.91 Å². The van der Waals surface area contributed by atoms with Crippen molar-refractivity contribution in [1.29, 1.82) is 0 Å². The minimum atomic E-state index is -0.600. The lowest BCUT2D eigenvalue weighted by Gasteiger charge is -2.08. The molecular formula is C18H16ClN3O3. The second-order valence-corrected chi connectivity index (χ2v) is 6.03. The summed E-state index contributed by atoms with van der Waals surface area (Å²) in [5.41, 5.74) is 0.408. The number of amides is 1. The van der Waals surface area contributed by atoms with Crippen LogP contribution in [0.2, 0.25) is 5.02 Å². The first kappa shape index (κ1) is 17.0. The van der Waals surface area contributed by atoms with Gasteiger partial charge in [0, 0.05) is 11.6 Å². The van der Waals surface area contributed by atoms with E-state index in [2.05, 4.69) is 10.3 Å². The summed E-state index contributed by atoms with van der Waals surface area (Å²) in [6, 6.07) is 14.0. The van der Waals surface area contributed by atoms with Crippen molar-refractivity contribution in [3.8, 4) is 0 Å². The van der Waals surface area contributed by atoms with Gasteiger partial charge in [-0.1, -0.05) is 35.9 Å². The lowest BCUT2D eigenvalue weighted by atomic mass is 10.1. The summed E-state index contributed by atoms with van der Waals surface area (Å²) < 4.78 is 0.903. The fourth-order valence-corrected chi connectivity index (χ4v) is 2.67. The van der Waals surface area contributed by atoms with Crippen LogP contribution in [-0.4, -0.2) is 22.0 Å². The van der Waals surface area contributed by atoms with E-state index in [1.807, 2.05) is 12.1 Å². The highest BCUT2D eigenvalue weighted by Gasteiger charge is 2.10. The molecule has 0 spiro atoms. The molecule has 128 valence electrons. The maximum absolute atomic E-state index is 12.4. The van der Waals surface area contributed by atoms with Crippen LogP contribution in [0.4, 0.5) is 0 Å². The van der Waals surface area contributed by atoms with Gasteiger partial charge >= 0.3 is 5.69 Å². The van der Waals surface area contributed by atoms with Crippen molar-refractivity contribution in [3.05, 3.63) is 80.0 Å². The predicted molar refractivity (Wildman–Crippen MR) is 97.0 cm³/mol. The zero-order valence-electron chi connectivity index (χ0n) is 13.3. The molecule has 0 fully saturated rings. The van der Waals surface area contributed by atoms with E-state index in [1.54, 1.807) is 36.4 Å². The second kappa shape index (κ2) is 7.36. The zero-order valence-corrected chi connectivity index (χ0v) is 14.0. The van der Waals surface area contributed by atoms with E-state index in [9.17, 15) is 14.4 Å². The fourth-order valence-electron chi connectivity index (χ4n) is 2.54. The summed E-state index contributed by atoms with van der Waals surface area (Å²) in [7, 11) is 0. The highest BCUT2D eigenvalue weighted by Crippen LogP contribution is 2.09. The van der Waals surface area contributed by atoms with Crippen LogP contribution in [0.1, 0.15) is 5.56 Å². The van der Waals surface area contributed by atoms with Crippen LogP contribution >= 0.6 is 11.6 Å². The van der Waals surface area contributed by atoms with Gasteiger partial charge in [-0.25, -0.2) is 4.79 Å². The molecule has 7 heteroatoms. The number of nitrogens with zero attached hydrogens (tertiary/aromatic N) is 1. The standard InChI is InChI=1S/C18H16ClN3O3/c19-13-7-5-12(6-8-13)9-10-20-16(23)11-22-17(24)14-3-1-2-4-15(14)21-18(22)25/h1-8H,9-11H2,(H,20,23)(H,21,25).